The maximum Gasteiger partial charge on any atom is 0.170 e. The minimum atomic E-state index is -0.128. The van der Waals surface area contributed by atoms with Gasteiger partial charge in [0.2, 0.25) is 0 Å². The molecule has 0 radical (unpaired) electrons. The van der Waals surface area contributed by atoms with E-state index >= 15 is 0 Å². The fourth-order valence-electron chi connectivity index (χ4n) is 8.96. The second-order valence-electron chi connectivity index (χ2n) is 16.1. The van der Waals surface area contributed by atoms with Crippen molar-refractivity contribution < 1.29 is 9.47 Å². The van der Waals surface area contributed by atoms with E-state index in [-0.39, 0.29) is 10.8 Å². The molecule has 0 saturated carbocycles. The largest absolute Gasteiger partial charge is 0.450 e. The average Bonchev–Trinajstić information content (AvgIpc) is 3.60. The van der Waals surface area contributed by atoms with Crippen molar-refractivity contribution in [1.29, 1.82) is 0 Å². The summed E-state index contributed by atoms with van der Waals surface area (Å²) in [6.45, 7) is 9.14. The van der Waals surface area contributed by atoms with Gasteiger partial charge in [-0.05, 0) is 86.0 Å². The van der Waals surface area contributed by atoms with E-state index in [1.54, 1.807) is 0 Å². The Morgan fingerprint density at radius 1 is 0.321 bits per heavy atom. The Balaban J connectivity index is 0.928. The van der Waals surface area contributed by atoms with Crippen LogP contribution in [0.2, 0.25) is 0 Å². The molecule has 56 heavy (non-hydrogen) atoms. The maximum absolute atomic E-state index is 6.56. The topological polar surface area (TPSA) is 57.1 Å². The lowest BCUT2D eigenvalue weighted by Crippen LogP contribution is -2.15. The summed E-state index contributed by atoms with van der Waals surface area (Å²) in [5.41, 5.74) is 14.9. The number of fused-ring (bicyclic) bond motifs is 8. The molecule has 5 heteroatoms. The molecule has 0 atom stereocenters. The minimum absolute atomic E-state index is 0.113. The van der Waals surface area contributed by atoms with Gasteiger partial charge in [0.1, 0.15) is 0 Å². The fourth-order valence-corrected chi connectivity index (χ4v) is 8.96. The van der Waals surface area contributed by atoms with Crippen LogP contribution in [0.4, 0.5) is 0 Å². The van der Waals surface area contributed by atoms with Crippen LogP contribution < -0.4 is 9.47 Å². The zero-order chi connectivity index (χ0) is 37.8. The highest BCUT2D eigenvalue weighted by Crippen LogP contribution is 2.55. The molecule has 0 spiro atoms. The zero-order valence-electron chi connectivity index (χ0n) is 31.6. The molecule has 7 aromatic carbocycles. The van der Waals surface area contributed by atoms with Crippen molar-refractivity contribution in [3.8, 4) is 90.5 Å². The summed E-state index contributed by atoms with van der Waals surface area (Å²) in [6, 6.07) is 52.9. The number of ether oxygens (including phenoxy) is 2. The van der Waals surface area contributed by atoms with Crippen molar-refractivity contribution in [2.45, 2.75) is 38.5 Å². The van der Waals surface area contributed by atoms with E-state index in [4.69, 9.17) is 24.4 Å². The Morgan fingerprint density at radius 3 is 1.48 bits per heavy atom. The molecule has 0 unspecified atom stereocenters. The molecule has 3 aliphatic rings. The second kappa shape index (κ2) is 11.8. The third kappa shape index (κ3) is 4.90. The van der Waals surface area contributed by atoms with Crippen molar-refractivity contribution in [3.63, 3.8) is 0 Å². The Kier molecular flexibility index (Phi) is 6.88. The van der Waals surface area contributed by atoms with Gasteiger partial charge in [-0.15, -0.1) is 0 Å². The van der Waals surface area contributed by atoms with Crippen molar-refractivity contribution in [2.24, 2.45) is 0 Å². The predicted molar refractivity (Wildman–Crippen MR) is 223 cm³/mol. The van der Waals surface area contributed by atoms with E-state index in [0.717, 1.165) is 39.3 Å². The molecule has 0 N–H and O–H groups in total. The monoisotopic (exact) mass is 723 g/mol. The van der Waals surface area contributed by atoms with Crippen LogP contribution >= 0.6 is 0 Å². The first-order valence-electron chi connectivity index (χ1n) is 19.2. The highest BCUT2D eigenvalue weighted by molar-refractivity contribution is 5.85. The lowest BCUT2D eigenvalue weighted by atomic mass is 9.82. The normalized spacial score (nSPS) is 14.6. The van der Waals surface area contributed by atoms with Crippen LogP contribution in [0.5, 0.6) is 23.0 Å². The van der Waals surface area contributed by atoms with Gasteiger partial charge in [0.05, 0.1) is 0 Å². The summed E-state index contributed by atoms with van der Waals surface area (Å²) < 4.78 is 13.0. The molecule has 5 nitrogen and oxygen atoms in total. The molecule has 0 bridgehead atoms. The Morgan fingerprint density at radius 2 is 0.786 bits per heavy atom. The first kappa shape index (κ1) is 32.6. The average molecular weight is 724 g/mol. The number of aromatic nitrogens is 3. The van der Waals surface area contributed by atoms with Crippen LogP contribution in [0.15, 0.2) is 152 Å². The SMILES string of the molecule is CC1(C)c2ccccc2-c2ccc(-c3nc(-c4ccccc4)nc(-c4ccc(-c5ccc6c(c5)Oc5cc7c(cc5O6)C(C)(C)c5ccccc5-7)cc4)n3)cc21. The molecule has 0 fully saturated rings. The van der Waals surface area contributed by atoms with E-state index < -0.39 is 0 Å². The van der Waals surface area contributed by atoms with E-state index in [9.17, 15) is 0 Å². The summed E-state index contributed by atoms with van der Waals surface area (Å²) in [7, 11) is 0. The second-order valence-corrected chi connectivity index (χ2v) is 16.1. The fraction of sp³-hybridized carbons (Fsp3) is 0.118. The van der Waals surface area contributed by atoms with E-state index in [2.05, 4.69) is 143 Å². The molecule has 0 amide bonds. The Bertz CT molecular complexity index is 2910. The molecular weight excluding hydrogens is 687 g/mol. The molecule has 268 valence electrons. The van der Waals surface area contributed by atoms with Gasteiger partial charge in [0, 0.05) is 27.5 Å². The van der Waals surface area contributed by atoms with Crippen LogP contribution in [-0.4, -0.2) is 15.0 Å². The lowest BCUT2D eigenvalue weighted by molar-refractivity contribution is 0.359. The molecule has 1 aliphatic heterocycles. The molecular formula is C51H37N3O2. The quantitative estimate of drug-likeness (QED) is 0.181. The highest BCUT2D eigenvalue weighted by atomic mass is 16.6. The van der Waals surface area contributed by atoms with Gasteiger partial charge < -0.3 is 9.47 Å². The van der Waals surface area contributed by atoms with Crippen LogP contribution in [0.1, 0.15) is 49.9 Å². The van der Waals surface area contributed by atoms with Gasteiger partial charge >= 0.3 is 0 Å². The highest BCUT2D eigenvalue weighted by Gasteiger charge is 2.38. The molecule has 2 heterocycles. The molecule has 8 aromatic rings. The third-order valence-electron chi connectivity index (χ3n) is 12.0. The van der Waals surface area contributed by atoms with Gasteiger partial charge in [-0.3, -0.25) is 0 Å². The number of hydrogen-bond donors (Lipinski definition) is 0. The smallest absolute Gasteiger partial charge is 0.170 e. The van der Waals surface area contributed by atoms with Gasteiger partial charge in [-0.1, -0.05) is 149 Å². The van der Waals surface area contributed by atoms with Crippen LogP contribution in [0.3, 0.4) is 0 Å². The summed E-state index contributed by atoms with van der Waals surface area (Å²) in [5.74, 6) is 4.79. The van der Waals surface area contributed by atoms with Gasteiger partial charge in [-0.25, -0.2) is 15.0 Å². The third-order valence-corrected chi connectivity index (χ3v) is 12.0. The van der Waals surface area contributed by atoms with Gasteiger partial charge in [-0.2, -0.15) is 0 Å². The van der Waals surface area contributed by atoms with Gasteiger partial charge in [0.25, 0.3) is 0 Å². The zero-order valence-corrected chi connectivity index (χ0v) is 31.6. The van der Waals surface area contributed by atoms with Crippen molar-refractivity contribution >= 4 is 0 Å². The van der Waals surface area contributed by atoms with Crippen molar-refractivity contribution in [3.05, 3.63) is 174 Å². The standard InChI is InChI=1S/C51H37N3O2/c1-50(2)39-16-10-8-14-35(39)37-24-22-34(26-41(37)50)49-53-47(31-12-6-5-7-13-31)52-48(54-49)32-20-18-30(19-21-32)33-23-25-43-44(27-33)56-45-28-38-36-15-9-11-17-40(36)51(3,4)42(38)29-46(45)55-43/h5-29H,1-4H3. The van der Waals surface area contributed by atoms with E-state index in [0.29, 0.717) is 29.0 Å². The number of nitrogens with zero attached hydrogens (tertiary/aromatic N) is 3. The summed E-state index contributed by atoms with van der Waals surface area (Å²) in [4.78, 5) is 15.1. The Labute approximate surface area is 326 Å². The molecule has 11 rings (SSSR count). The maximum atomic E-state index is 6.56. The summed E-state index contributed by atoms with van der Waals surface area (Å²) in [5, 5.41) is 0. The van der Waals surface area contributed by atoms with E-state index in [1.165, 1.54) is 44.5 Å². The molecule has 2 aliphatic carbocycles. The molecule has 1 aromatic heterocycles. The van der Waals surface area contributed by atoms with Crippen LogP contribution in [0, 0.1) is 0 Å². The number of hydrogen-bond acceptors (Lipinski definition) is 5. The summed E-state index contributed by atoms with van der Waals surface area (Å²) in [6.07, 6.45) is 0. The van der Waals surface area contributed by atoms with Crippen molar-refractivity contribution in [2.75, 3.05) is 0 Å². The number of rotatable bonds is 4. The molecule has 0 saturated heterocycles. The van der Waals surface area contributed by atoms with Crippen LogP contribution in [0.25, 0.3) is 67.5 Å². The van der Waals surface area contributed by atoms with Gasteiger partial charge in [0.15, 0.2) is 40.5 Å². The lowest BCUT2D eigenvalue weighted by Gasteiger charge is -2.25. The van der Waals surface area contributed by atoms with Crippen LogP contribution in [-0.2, 0) is 10.8 Å². The van der Waals surface area contributed by atoms with E-state index in [1.807, 2.05) is 36.4 Å². The number of benzene rings is 7. The summed E-state index contributed by atoms with van der Waals surface area (Å²) >= 11 is 0. The minimum Gasteiger partial charge on any atom is -0.450 e. The first-order chi connectivity index (χ1) is 27.2. The predicted octanol–water partition coefficient (Wildman–Crippen LogP) is 13.1. The van der Waals surface area contributed by atoms with Crippen molar-refractivity contribution in [1.82, 2.24) is 15.0 Å². The first-order valence-corrected chi connectivity index (χ1v) is 19.2. The Hall–Kier alpha value is -6.85.